The molecule has 2 unspecified atom stereocenters. The molecule has 0 aromatic rings. The van der Waals surface area contributed by atoms with Crippen molar-refractivity contribution in [3.63, 3.8) is 0 Å². The smallest absolute Gasteiger partial charge is 0.0542 e. The second-order valence-corrected chi connectivity index (χ2v) is 5.58. The molecule has 2 nitrogen and oxygen atoms in total. The van der Waals surface area contributed by atoms with E-state index in [1.165, 1.54) is 13.0 Å². The third-order valence-corrected chi connectivity index (χ3v) is 4.08. The van der Waals surface area contributed by atoms with Crippen LogP contribution < -0.4 is 5.32 Å². The summed E-state index contributed by atoms with van der Waals surface area (Å²) in [7, 11) is 0. The third-order valence-electron chi connectivity index (χ3n) is 4.08. The number of rotatable bonds is 0. The fourth-order valence-electron chi connectivity index (χ4n) is 2.93. The largest absolute Gasteiger partial charge is 0.381 e. The molecular formula is C11H21NO. The Labute approximate surface area is 81.0 Å². The average molecular weight is 183 g/mol. The van der Waals surface area contributed by atoms with Gasteiger partial charge in [0.15, 0.2) is 0 Å². The van der Waals surface area contributed by atoms with E-state index in [9.17, 15) is 0 Å². The zero-order valence-corrected chi connectivity index (χ0v) is 9.02. The molecule has 13 heavy (non-hydrogen) atoms. The minimum atomic E-state index is 0.363. The maximum atomic E-state index is 5.67. The second kappa shape index (κ2) is 2.96. The van der Waals surface area contributed by atoms with Crippen molar-refractivity contribution in [3.05, 3.63) is 0 Å². The lowest BCUT2D eigenvalue weighted by Gasteiger charge is -2.48. The van der Waals surface area contributed by atoms with Crippen LogP contribution in [0, 0.1) is 16.7 Å². The number of nitrogens with one attached hydrogen (secondary N) is 1. The highest BCUT2D eigenvalue weighted by molar-refractivity contribution is 5.03. The molecule has 0 spiro atoms. The predicted octanol–water partition coefficient (Wildman–Crippen LogP) is 1.66. The van der Waals surface area contributed by atoms with Gasteiger partial charge >= 0.3 is 0 Å². The number of ether oxygens (including phenoxy) is 1. The molecule has 1 N–H and O–H groups in total. The zero-order chi connectivity index (χ0) is 9.53. The summed E-state index contributed by atoms with van der Waals surface area (Å²) in [6.07, 6.45) is 1.24. The lowest BCUT2D eigenvalue weighted by atomic mass is 9.60. The van der Waals surface area contributed by atoms with Crippen LogP contribution in [0.15, 0.2) is 0 Å². The molecule has 2 heteroatoms. The van der Waals surface area contributed by atoms with Crippen molar-refractivity contribution in [2.45, 2.75) is 27.2 Å². The van der Waals surface area contributed by atoms with Crippen molar-refractivity contribution in [3.8, 4) is 0 Å². The number of hydrogen-bond acceptors (Lipinski definition) is 2. The third kappa shape index (κ3) is 1.31. The van der Waals surface area contributed by atoms with E-state index >= 15 is 0 Å². The lowest BCUT2D eigenvalue weighted by Crippen LogP contribution is -2.49. The van der Waals surface area contributed by atoms with Gasteiger partial charge in [-0.15, -0.1) is 0 Å². The van der Waals surface area contributed by atoms with Gasteiger partial charge in [0.2, 0.25) is 0 Å². The topological polar surface area (TPSA) is 21.3 Å². The highest BCUT2D eigenvalue weighted by atomic mass is 16.5. The average Bonchev–Trinajstić information content (AvgIpc) is 2.46. The first-order chi connectivity index (χ1) is 6.06. The maximum absolute atomic E-state index is 5.67. The quantitative estimate of drug-likeness (QED) is 0.616. The summed E-state index contributed by atoms with van der Waals surface area (Å²) in [5.74, 6) is 0.834. The first kappa shape index (κ1) is 9.47. The Morgan fingerprint density at radius 1 is 1.38 bits per heavy atom. The Hall–Kier alpha value is -0.0800. The van der Waals surface area contributed by atoms with Gasteiger partial charge < -0.3 is 10.1 Å². The fraction of sp³-hybridized carbons (Fsp3) is 1.00. The van der Waals surface area contributed by atoms with Crippen molar-refractivity contribution < 1.29 is 4.74 Å². The Kier molecular flexibility index (Phi) is 2.16. The molecule has 2 aliphatic rings. The molecule has 0 amide bonds. The molecule has 2 aliphatic heterocycles. The summed E-state index contributed by atoms with van der Waals surface area (Å²) >= 11 is 0. The van der Waals surface area contributed by atoms with Crippen LogP contribution in [0.4, 0.5) is 0 Å². The maximum Gasteiger partial charge on any atom is 0.0542 e. The molecule has 0 saturated carbocycles. The Morgan fingerprint density at radius 2 is 2.15 bits per heavy atom. The molecule has 76 valence electrons. The SMILES string of the molecule is CC(C)(C)C12CNCC1CCOC2. The normalized spacial score (nSPS) is 40.4. The second-order valence-electron chi connectivity index (χ2n) is 5.58. The molecule has 2 atom stereocenters. The molecule has 0 aromatic heterocycles. The Morgan fingerprint density at radius 3 is 2.77 bits per heavy atom. The van der Waals surface area contributed by atoms with Crippen LogP contribution in [0.1, 0.15) is 27.2 Å². The highest BCUT2D eigenvalue weighted by Crippen LogP contribution is 2.50. The number of fused-ring (bicyclic) bond motifs is 1. The van der Waals surface area contributed by atoms with E-state index < -0.39 is 0 Å². The van der Waals surface area contributed by atoms with Crippen molar-refractivity contribution in [1.82, 2.24) is 5.32 Å². The van der Waals surface area contributed by atoms with Gasteiger partial charge in [0.25, 0.3) is 0 Å². The lowest BCUT2D eigenvalue weighted by molar-refractivity contribution is -0.0862. The molecule has 0 aliphatic carbocycles. The summed E-state index contributed by atoms with van der Waals surface area (Å²) in [4.78, 5) is 0. The molecule has 0 radical (unpaired) electrons. The van der Waals surface area contributed by atoms with Gasteiger partial charge in [-0.25, -0.2) is 0 Å². The summed E-state index contributed by atoms with van der Waals surface area (Å²) in [6, 6.07) is 0. The Bertz CT molecular complexity index is 197. The van der Waals surface area contributed by atoms with Crippen LogP contribution in [0.5, 0.6) is 0 Å². The molecule has 2 fully saturated rings. The van der Waals surface area contributed by atoms with E-state index in [1.54, 1.807) is 0 Å². The monoisotopic (exact) mass is 183 g/mol. The van der Waals surface area contributed by atoms with E-state index in [2.05, 4.69) is 26.1 Å². The van der Waals surface area contributed by atoms with E-state index in [4.69, 9.17) is 4.74 Å². The first-order valence-electron chi connectivity index (χ1n) is 5.35. The minimum Gasteiger partial charge on any atom is -0.381 e. The van der Waals surface area contributed by atoms with Gasteiger partial charge in [0, 0.05) is 18.6 Å². The van der Waals surface area contributed by atoms with E-state index in [0.717, 1.165) is 25.7 Å². The summed E-state index contributed by atoms with van der Waals surface area (Å²) in [5, 5.41) is 3.53. The minimum absolute atomic E-state index is 0.363. The summed E-state index contributed by atoms with van der Waals surface area (Å²) < 4.78 is 5.67. The van der Waals surface area contributed by atoms with Crippen molar-refractivity contribution in [2.24, 2.45) is 16.7 Å². The van der Waals surface area contributed by atoms with E-state index in [1.807, 2.05) is 0 Å². The summed E-state index contributed by atoms with van der Waals surface area (Å²) in [6.45, 7) is 11.3. The standard InChI is InChI=1S/C11H21NO/c1-10(2,3)11-7-12-6-9(11)4-5-13-8-11/h9,12H,4-8H2,1-3H3. The van der Waals surface area contributed by atoms with E-state index in [0.29, 0.717) is 10.8 Å². The van der Waals surface area contributed by atoms with Gasteiger partial charge in [-0.3, -0.25) is 0 Å². The molecule has 2 heterocycles. The molecule has 2 saturated heterocycles. The van der Waals surface area contributed by atoms with Crippen molar-refractivity contribution >= 4 is 0 Å². The van der Waals surface area contributed by atoms with Gasteiger partial charge in [0.05, 0.1) is 6.61 Å². The first-order valence-corrected chi connectivity index (χ1v) is 5.35. The highest BCUT2D eigenvalue weighted by Gasteiger charge is 2.52. The van der Waals surface area contributed by atoms with Crippen LogP contribution in [-0.2, 0) is 4.74 Å². The number of hydrogen-bond donors (Lipinski definition) is 1. The van der Waals surface area contributed by atoms with Crippen LogP contribution in [0.25, 0.3) is 0 Å². The zero-order valence-electron chi connectivity index (χ0n) is 9.02. The molecular weight excluding hydrogens is 162 g/mol. The van der Waals surface area contributed by atoms with Crippen LogP contribution in [-0.4, -0.2) is 26.3 Å². The van der Waals surface area contributed by atoms with Crippen molar-refractivity contribution in [2.75, 3.05) is 26.3 Å². The van der Waals surface area contributed by atoms with Crippen molar-refractivity contribution in [1.29, 1.82) is 0 Å². The fourth-order valence-corrected chi connectivity index (χ4v) is 2.93. The van der Waals surface area contributed by atoms with Crippen LogP contribution >= 0.6 is 0 Å². The van der Waals surface area contributed by atoms with Gasteiger partial charge in [-0.05, 0) is 24.3 Å². The van der Waals surface area contributed by atoms with Gasteiger partial charge in [-0.2, -0.15) is 0 Å². The van der Waals surface area contributed by atoms with Crippen LogP contribution in [0.2, 0.25) is 0 Å². The predicted molar refractivity (Wildman–Crippen MR) is 53.7 cm³/mol. The summed E-state index contributed by atoms with van der Waals surface area (Å²) in [5.41, 5.74) is 0.757. The van der Waals surface area contributed by atoms with Crippen LogP contribution in [0.3, 0.4) is 0 Å². The molecule has 2 rings (SSSR count). The van der Waals surface area contributed by atoms with E-state index in [-0.39, 0.29) is 0 Å². The molecule has 0 bridgehead atoms. The van der Waals surface area contributed by atoms with Gasteiger partial charge in [0.1, 0.15) is 0 Å². The Balaban J connectivity index is 2.26. The molecule has 0 aromatic carbocycles. The van der Waals surface area contributed by atoms with Gasteiger partial charge in [-0.1, -0.05) is 20.8 Å².